The zero-order chi connectivity index (χ0) is 14.3. The number of hydrogen-bond donors (Lipinski definition) is 2. The molecule has 0 saturated carbocycles. The van der Waals surface area contributed by atoms with Gasteiger partial charge in [-0.3, -0.25) is 4.90 Å². The summed E-state index contributed by atoms with van der Waals surface area (Å²) in [5.74, 6) is 0. The molecule has 0 aromatic rings. The normalized spacial score (nSPS) is 24.0. The predicted octanol–water partition coefficient (Wildman–Crippen LogP) is 1.15. The number of rotatable bonds is 9. The Morgan fingerprint density at radius 2 is 2.11 bits per heavy atom. The van der Waals surface area contributed by atoms with Crippen molar-refractivity contribution in [3.8, 4) is 0 Å². The number of nitrogens with one attached hydrogen (secondary N) is 1. The summed E-state index contributed by atoms with van der Waals surface area (Å²) in [6.07, 6.45) is 6.17. The van der Waals surface area contributed by atoms with Crippen molar-refractivity contribution in [2.45, 2.75) is 50.6 Å². The van der Waals surface area contributed by atoms with E-state index < -0.39 is 0 Å². The summed E-state index contributed by atoms with van der Waals surface area (Å²) in [4.78, 5) is 4.95. The van der Waals surface area contributed by atoms with Crippen LogP contribution >= 0.6 is 0 Å². The quantitative estimate of drug-likeness (QED) is 0.617. The fourth-order valence-corrected chi connectivity index (χ4v) is 2.93. The Kier molecular flexibility index (Phi) is 7.29. The lowest BCUT2D eigenvalue weighted by atomic mass is 9.96. The minimum Gasteiger partial charge on any atom is -0.394 e. The van der Waals surface area contributed by atoms with Gasteiger partial charge in [0.2, 0.25) is 0 Å². The highest BCUT2D eigenvalue weighted by molar-refractivity contribution is 4.82. The number of aliphatic hydroxyl groups is 1. The molecule has 1 aliphatic rings. The lowest BCUT2D eigenvalue weighted by Crippen LogP contribution is -2.43. The standard InChI is InChI=1S/C15H33N3O/c1-15(13-19,16-2)9-5-6-10-18-11-7-8-14(18)12-17(3)4/h14,16,19H,5-13H2,1-4H3. The Bertz CT molecular complexity index is 242. The first-order valence-electron chi connectivity index (χ1n) is 7.69. The Morgan fingerprint density at radius 1 is 1.37 bits per heavy atom. The molecule has 4 heteroatoms. The second-order valence-corrected chi connectivity index (χ2v) is 6.52. The summed E-state index contributed by atoms with van der Waals surface area (Å²) in [7, 11) is 6.26. The summed E-state index contributed by atoms with van der Waals surface area (Å²) >= 11 is 0. The summed E-state index contributed by atoms with van der Waals surface area (Å²) in [5, 5.41) is 12.6. The number of nitrogens with zero attached hydrogens (tertiary/aromatic N) is 2. The van der Waals surface area contributed by atoms with Gasteiger partial charge in [0.25, 0.3) is 0 Å². The average Bonchev–Trinajstić information content (AvgIpc) is 2.81. The Labute approximate surface area is 119 Å². The molecule has 0 amide bonds. The third kappa shape index (κ3) is 5.78. The van der Waals surface area contributed by atoms with Crippen LogP contribution in [0.1, 0.15) is 39.0 Å². The van der Waals surface area contributed by atoms with Crippen LogP contribution in [-0.2, 0) is 0 Å². The second kappa shape index (κ2) is 8.20. The van der Waals surface area contributed by atoms with Gasteiger partial charge in [-0.25, -0.2) is 0 Å². The molecule has 0 spiro atoms. The highest BCUT2D eigenvalue weighted by Crippen LogP contribution is 2.19. The number of likely N-dealkylation sites (N-methyl/N-ethyl adjacent to an activating group) is 2. The molecule has 1 fully saturated rings. The maximum atomic E-state index is 9.36. The lowest BCUT2D eigenvalue weighted by molar-refractivity contribution is 0.165. The molecule has 2 N–H and O–H groups in total. The SMILES string of the molecule is CNC(C)(CO)CCCCN1CCCC1CN(C)C. The first-order chi connectivity index (χ1) is 9.00. The molecule has 1 saturated heterocycles. The summed E-state index contributed by atoms with van der Waals surface area (Å²) in [6.45, 7) is 5.98. The third-order valence-electron chi connectivity index (χ3n) is 4.45. The monoisotopic (exact) mass is 271 g/mol. The first-order valence-corrected chi connectivity index (χ1v) is 7.69. The number of unbranched alkanes of at least 4 members (excludes halogenated alkanes) is 1. The molecule has 0 aliphatic carbocycles. The molecule has 19 heavy (non-hydrogen) atoms. The molecule has 1 aliphatic heterocycles. The van der Waals surface area contributed by atoms with E-state index >= 15 is 0 Å². The van der Waals surface area contributed by atoms with Crippen molar-refractivity contribution in [2.75, 3.05) is 47.4 Å². The van der Waals surface area contributed by atoms with Crippen molar-refractivity contribution < 1.29 is 5.11 Å². The highest BCUT2D eigenvalue weighted by atomic mass is 16.3. The number of likely N-dealkylation sites (tertiary alicyclic amines) is 1. The van der Waals surface area contributed by atoms with E-state index in [0.29, 0.717) is 0 Å². The molecule has 2 atom stereocenters. The smallest absolute Gasteiger partial charge is 0.0610 e. The van der Waals surface area contributed by atoms with Crippen LogP contribution in [0, 0.1) is 0 Å². The molecule has 1 rings (SSSR count). The van der Waals surface area contributed by atoms with Crippen LogP contribution in [-0.4, -0.2) is 73.9 Å². The minimum absolute atomic E-state index is 0.103. The van der Waals surface area contributed by atoms with Gasteiger partial charge in [-0.2, -0.15) is 0 Å². The molecular weight excluding hydrogens is 238 g/mol. The zero-order valence-corrected chi connectivity index (χ0v) is 13.3. The van der Waals surface area contributed by atoms with E-state index in [-0.39, 0.29) is 12.1 Å². The van der Waals surface area contributed by atoms with Gasteiger partial charge in [0.05, 0.1) is 6.61 Å². The van der Waals surface area contributed by atoms with Crippen LogP contribution in [0.3, 0.4) is 0 Å². The minimum atomic E-state index is -0.103. The van der Waals surface area contributed by atoms with E-state index in [4.69, 9.17) is 0 Å². The average molecular weight is 271 g/mol. The molecule has 1 heterocycles. The zero-order valence-electron chi connectivity index (χ0n) is 13.3. The topological polar surface area (TPSA) is 38.7 Å². The second-order valence-electron chi connectivity index (χ2n) is 6.52. The summed E-state index contributed by atoms with van der Waals surface area (Å²) in [6, 6.07) is 0.753. The molecule has 114 valence electrons. The van der Waals surface area contributed by atoms with Gasteiger partial charge in [-0.15, -0.1) is 0 Å². The van der Waals surface area contributed by atoms with E-state index in [9.17, 15) is 5.11 Å². The molecule has 0 aromatic heterocycles. The molecule has 0 bridgehead atoms. The van der Waals surface area contributed by atoms with Crippen molar-refractivity contribution in [3.05, 3.63) is 0 Å². The van der Waals surface area contributed by atoms with E-state index in [1.54, 1.807) is 0 Å². The van der Waals surface area contributed by atoms with Crippen LogP contribution in [0.15, 0.2) is 0 Å². The van der Waals surface area contributed by atoms with Crippen molar-refractivity contribution in [1.82, 2.24) is 15.1 Å². The predicted molar refractivity (Wildman–Crippen MR) is 81.6 cm³/mol. The van der Waals surface area contributed by atoms with Crippen molar-refractivity contribution >= 4 is 0 Å². The molecule has 4 nitrogen and oxygen atoms in total. The first kappa shape index (κ1) is 16.9. The van der Waals surface area contributed by atoms with E-state index in [1.165, 1.54) is 45.3 Å². The van der Waals surface area contributed by atoms with Gasteiger partial charge in [-0.1, -0.05) is 6.42 Å². The fourth-order valence-electron chi connectivity index (χ4n) is 2.93. The highest BCUT2D eigenvalue weighted by Gasteiger charge is 2.25. The van der Waals surface area contributed by atoms with Crippen molar-refractivity contribution in [3.63, 3.8) is 0 Å². The van der Waals surface area contributed by atoms with Crippen molar-refractivity contribution in [1.29, 1.82) is 0 Å². The number of aliphatic hydroxyl groups excluding tert-OH is 1. The van der Waals surface area contributed by atoms with Gasteiger partial charge < -0.3 is 15.3 Å². The van der Waals surface area contributed by atoms with Crippen molar-refractivity contribution in [2.24, 2.45) is 0 Å². The molecule has 0 aromatic carbocycles. The fraction of sp³-hybridized carbons (Fsp3) is 1.00. The van der Waals surface area contributed by atoms with Crippen LogP contribution in [0.4, 0.5) is 0 Å². The van der Waals surface area contributed by atoms with Crippen LogP contribution < -0.4 is 5.32 Å². The van der Waals surface area contributed by atoms with Gasteiger partial charge in [0.1, 0.15) is 0 Å². The molecule has 2 unspecified atom stereocenters. The maximum Gasteiger partial charge on any atom is 0.0610 e. The molecule has 0 radical (unpaired) electrons. The largest absolute Gasteiger partial charge is 0.394 e. The maximum absolute atomic E-state index is 9.36. The summed E-state index contributed by atoms with van der Waals surface area (Å²) < 4.78 is 0. The van der Waals surface area contributed by atoms with Gasteiger partial charge in [-0.05, 0) is 66.8 Å². The van der Waals surface area contributed by atoms with Crippen LogP contribution in [0.5, 0.6) is 0 Å². The van der Waals surface area contributed by atoms with E-state index in [1.807, 2.05) is 7.05 Å². The van der Waals surface area contributed by atoms with Gasteiger partial charge in [0, 0.05) is 18.1 Å². The Balaban J connectivity index is 2.21. The third-order valence-corrected chi connectivity index (χ3v) is 4.45. The van der Waals surface area contributed by atoms with Crippen LogP contribution in [0.2, 0.25) is 0 Å². The molecular formula is C15H33N3O. The van der Waals surface area contributed by atoms with Gasteiger partial charge in [0.15, 0.2) is 0 Å². The number of hydrogen-bond acceptors (Lipinski definition) is 4. The summed E-state index contributed by atoms with van der Waals surface area (Å²) in [5.41, 5.74) is -0.103. The lowest BCUT2D eigenvalue weighted by Gasteiger charge is -2.29. The van der Waals surface area contributed by atoms with Crippen LogP contribution in [0.25, 0.3) is 0 Å². The van der Waals surface area contributed by atoms with E-state index in [0.717, 1.165) is 12.5 Å². The van der Waals surface area contributed by atoms with E-state index in [2.05, 4.69) is 36.1 Å². The Hall–Kier alpha value is -0.160. The van der Waals surface area contributed by atoms with Gasteiger partial charge >= 0.3 is 0 Å². The Morgan fingerprint density at radius 3 is 2.68 bits per heavy atom.